The van der Waals surface area contributed by atoms with Crippen LogP contribution in [0.1, 0.15) is 32.6 Å². The molecule has 2 unspecified atom stereocenters. The van der Waals surface area contributed by atoms with Gasteiger partial charge >= 0.3 is 0 Å². The molecule has 3 heterocycles. The summed E-state index contributed by atoms with van der Waals surface area (Å²) in [4.78, 5) is 18.3. The summed E-state index contributed by atoms with van der Waals surface area (Å²) < 4.78 is 5.35. The van der Waals surface area contributed by atoms with E-state index in [-0.39, 0.29) is 0 Å². The molecular formula is C14H18N2O2. The van der Waals surface area contributed by atoms with Crippen LogP contribution < -0.4 is 9.64 Å². The lowest BCUT2D eigenvalue weighted by Gasteiger charge is -2.35. The molecule has 3 rings (SSSR count). The Morgan fingerprint density at radius 3 is 2.61 bits per heavy atom. The monoisotopic (exact) mass is 246 g/mol. The zero-order chi connectivity index (χ0) is 12.5. The number of ether oxygens (including phenoxy) is 1. The van der Waals surface area contributed by atoms with Gasteiger partial charge in [0.1, 0.15) is 5.78 Å². The van der Waals surface area contributed by atoms with Gasteiger partial charge in [-0.25, -0.2) is 4.98 Å². The minimum absolute atomic E-state index is 0.385. The highest BCUT2D eigenvalue weighted by atomic mass is 16.5. The SMILES string of the molecule is CCOc1ccc(N2C3CCC2CC(=O)C3)cn1. The van der Waals surface area contributed by atoms with E-state index in [0.717, 1.165) is 18.5 Å². The number of anilines is 1. The van der Waals surface area contributed by atoms with Gasteiger partial charge in [0, 0.05) is 31.0 Å². The molecule has 2 bridgehead atoms. The Balaban J connectivity index is 1.80. The Hall–Kier alpha value is -1.58. The molecule has 0 aliphatic carbocycles. The molecule has 1 aromatic rings. The molecule has 96 valence electrons. The molecule has 0 aromatic carbocycles. The van der Waals surface area contributed by atoms with Crippen LogP contribution in [-0.4, -0.2) is 29.5 Å². The smallest absolute Gasteiger partial charge is 0.213 e. The van der Waals surface area contributed by atoms with Crippen LogP contribution in [0.15, 0.2) is 18.3 Å². The van der Waals surface area contributed by atoms with Crippen molar-refractivity contribution in [3.63, 3.8) is 0 Å². The van der Waals surface area contributed by atoms with Gasteiger partial charge in [-0.3, -0.25) is 4.79 Å². The number of carbonyl (C=O) groups is 1. The van der Waals surface area contributed by atoms with E-state index in [4.69, 9.17) is 4.74 Å². The van der Waals surface area contributed by atoms with Crippen molar-refractivity contribution >= 4 is 11.5 Å². The van der Waals surface area contributed by atoms with Gasteiger partial charge in [-0.05, 0) is 25.8 Å². The Labute approximate surface area is 107 Å². The number of aromatic nitrogens is 1. The summed E-state index contributed by atoms with van der Waals surface area (Å²) in [5.74, 6) is 1.08. The average Bonchev–Trinajstić information content (AvgIpc) is 2.64. The van der Waals surface area contributed by atoms with Crippen molar-refractivity contribution in [1.82, 2.24) is 4.98 Å². The van der Waals surface area contributed by atoms with E-state index in [0.29, 0.717) is 43.2 Å². The predicted molar refractivity (Wildman–Crippen MR) is 68.9 cm³/mol. The number of ketones is 1. The lowest BCUT2D eigenvalue weighted by atomic mass is 10.0. The van der Waals surface area contributed by atoms with Crippen molar-refractivity contribution in [3.05, 3.63) is 18.3 Å². The summed E-state index contributed by atoms with van der Waals surface area (Å²) in [6.45, 7) is 2.59. The summed E-state index contributed by atoms with van der Waals surface area (Å²) >= 11 is 0. The van der Waals surface area contributed by atoms with E-state index >= 15 is 0 Å². The van der Waals surface area contributed by atoms with Gasteiger partial charge in [-0.2, -0.15) is 0 Å². The van der Waals surface area contributed by atoms with Crippen LogP contribution >= 0.6 is 0 Å². The number of piperidine rings is 1. The van der Waals surface area contributed by atoms with Crippen LogP contribution in [0, 0.1) is 0 Å². The number of rotatable bonds is 3. The standard InChI is InChI=1S/C14H18N2O2/c1-2-18-14-6-5-12(9-15-14)16-10-3-4-11(16)8-13(17)7-10/h5-6,9-11H,2-4,7-8H2,1H3. The molecule has 4 heteroatoms. The van der Waals surface area contributed by atoms with E-state index < -0.39 is 0 Å². The molecule has 0 saturated carbocycles. The fraction of sp³-hybridized carbons (Fsp3) is 0.571. The third-order valence-electron chi connectivity index (χ3n) is 3.86. The van der Waals surface area contributed by atoms with Crippen molar-refractivity contribution in [2.24, 2.45) is 0 Å². The number of pyridine rings is 1. The summed E-state index contributed by atoms with van der Waals surface area (Å²) in [6.07, 6.45) is 5.52. The summed E-state index contributed by atoms with van der Waals surface area (Å²) in [7, 11) is 0. The molecule has 0 N–H and O–H groups in total. The molecule has 4 nitrogen and oxygen atoms in total. The van der Waals surface area contributed by atoms with Gasteiger partial charge in [0.05, 0.1) is 18.5 Å². The first-order valence-corrected chi connectivity index (χ1v) is 6.67. The maximum absolute atomic E-state index is 11.6. The van der Waals surface area contributed by atoms with Crippen LogP contribution in [0.25, 0.3) is 0 Å². The van der Waals surface area contributed by atoms with Gasteiger partial charge in [0.25, 0.3) is 0 Å². The van der Waals surface area contributed by atoms with E-state index in [9.17, 15) is 4.79 Å². The minimum Gasteiger partial charge on any atom is -0.478 e. The molecule has 0 amide bonds. The Morgan fingerprint density at radius 2 is 2.06 bits per heavy atom. The number of nitrogens with zero attached hydrogens (tertiary/aromatic N) is 2. The second kappa shape index (κ2) is 4.59. The third kappa shape index (κ3) is 1.96. The lowest BCUT2D eigenvalue weighted by molar-refractivity contribution is -0.120. The average molecular weight is 246 g/mol. The van der Waals surface area contributed by atoms with Crippen molar-refractivity contribution in [1.29, 1.82) is 0 Å². The first-order valence-electron chi connectivity index (χ1n) is 6.67. The molecule has 1 aromatic heterocycles. The lowest BCUT2D eigenvalue weighted by Crippen LogP contribution is -2.43. The third-order valence-corrected chi connectivity index (χ3v) is 3.86. The number of hydrogen-bond donors (Lipinski definition) is 0. The van der Waals surface area contributed by atoms with E-state index in [1.165, 1.54) is 0 Å². The van der Waals surface area contributed by atoms with E-state index in [1.807, 2.05) is 19.2 Å². The maximum Gasteiger partial charge on any atom is 0.213 e. The Bertz CT molecular complexity index is 428. The quantitative estimate of drug-likeness (QED) is 0.819. The number of hydrogen-bond acceptors (Lipinski definition) is 4. The second-order valence-corrected chi connectivity index (χ2v) is 5.03. The topological polar surface area (TPSA) is 42.4 Å². The minimum atomic E-state index is 0.385. The normalized spacial score (nSPS) is 26.5. The van der Waals surface area contributed by atoms with Crippen LogP contribution in [-0.2, 0) is 4.79 Å². The van der Waals surface area contributed by atoms with Gasteiger partial charge in [-0.1, -0.05) is 0 Å². The Morgan fingerprint density at radius 1 is 1.33 bits per heavy atom. The van der Waals surface area contributed by atoms with Crippen LogP contribution in [0.2, 0.25) is 0 Å². The number of fused-ring (bicyclic) bond motifs is 2. The van der Waals surface area contributed by atoms with Crippen molar-refractivity contribution in [3.8, 4) is 5.88 Å². The predicted octanol–water partition coefficient (Wildman–Crippen LogP) is 2.18. The molecule has 0 radical (unpaired) electrons. The van der Waals surface area contributed by atoms with E-state index in [2.05, 4.69) is 16.0 Å². The zero-order valence-corrected chi connectivity index (χ0v) is 10.6. The first-order chi connectivity index (χ1) is 8.78. The molecule has 2 saturated heterocycles. The van der Waals surface area contributed by atoms with Crippen molar-refractivity contribution in [2.45, 2.75) is 44.7 Å². The number of carbonyl (C=O) groups excluding carboxylic acids is 1. The molecule has 18 heavy (non-hydrogen) atoms. The highest BCUT2D eigenvalue weighted by Crippen LogP contribution is 2.37. The molecule has 2 atom stereocenters. The largest absolute Gasteiger partial charge is 0.478 e. The van der Waals surface area contributed by atoms with Crippen molar-refractivity contribution in [2.75, 3.05) is 11.5 Å². The molecule has 2 aliphatic rings. The molecule has 0 spiro atoms. The summed E-state index contributed by atoms with van der Waals surface area (Å²) in [6, 6.07) is 4.74. The van der Waals surface area contributed by atoms with Gasteiger partial charge in [-0.15, -0.1) is 0 Å². The number of Topliss-reactive ketones (excluding diaryl/α,β-unsaturated/α-hetero) is 1. The van der Waals surface area contributed by atoms with Gasteiger partial charge in [0.2, 0.25) is 5.88 Å². The highest BCUT2D eigenvalue weighted by Gasteiger charge is 2.40. The van der Waals surface area contributed by atoms with Crippen LogP contribution in [0.3, 0.4) is 0 Å². The highest BCUT2D eigenvalue weighted by molar-refractivity contribution is 5.83. The summed E-state index contributed by atoms with van der Waals surface area (Å²) in [5, 5.41) is 0. The first kappa shape index (κ1) is 11.5. The summed E-state index contributed by atoms with van der Waals surface area (Å²) in [5.41, 5.74) is 1.12. The van der Waals surface area contributed by atoms with E-state index in [1.54, 1.807) is 0 Å². The van der Waals surface area contributed by atoms with Gasteiger partial charge < -0.3 is 9.64 Å². The van der Waals surface area contributed by atoms with Crippen LogP contribution in [0.5, 0.6) is 5.88 Å². The second-order valence-electron chi connectivity index (χ2n) is 5.03. The maximum atomic E-state index is 11.6. The Kier molecular flexibility index (Phi) is 2.94. The fourth-order valence-electron chi connectivity index (χ4n) is 3.15. The fourth-order valence-corrected chi connectivity index (χ4v) is 3.15. The van der Waals surface area contributed by atoms with Crippen LogP contribution in [0.4, 0.5) is 5.69 Å². The van der Waals surface area contributed by atoms with Gasteiger partial charge in [0.15, 0.2) is 0 Å². The zero-order valence-electron chi connectivity index (χ0n) is 10.6. The molecule has 2 fully saturated rings. The molecule has 2 aliphatic heterocycles. The van der Waals surface area contributed by atoms with Crippen molar-refractivity contribution < 1.29 is 9.53 Å². The molecular weight excluding hydrogens is 228 g/mol.